The highest BCUT2D eigenvalue weighted by molar-refractivity contribution is 6.05. The Labute approximate surface area is 213 Å². The highest BCUT2D eigenvalue weighted by Crippen LogP contribution is 2.37. The molecular weight excluding hydrogens is 475 g/mol. The zero-order valence-corrected chi connectivity index (χ0v) is 20.1. The predicted molar refractivity (Wildman–Crippen MR) is 137 cm³/mol. The molecule has 0 aliphatic carbocycles. The summed E-state index contributed by atoms with van der Waals surface area (Å²) in [7, 11) is 0. The molecule has 190 valence electrons. The van der Waals surface area contributed by atoms with Gasteiger partial charge in [0, 0.05) is 18.6 Å². The first kappa shape index (κ1) is 24.9. The van der Waals surface area contributed by atoms with Crippen molar-refractivity contribution < 1.29 is 34.0 Å². The number of halogens is 1. The number of hydrogen-bond donors (Lipinski definition) is 3. The molecule has 7 heteroatoms. The Kier molecular flexibility index (Phi) is 7.19. The second-order valence-electron chi connectivity index (χ2n) is 9.20. The molecule has 6 nitrogen and oxygen atoms in total. The van der Waals surface area contributed by atoms with Crippen LogP contribution in [0.2, 0.25) is 0 Å². The molecule has 1 heterocycles. The van der Waals surface area contributed by atoms with E-state index in [4.69, 9.17) is 9.47 Å². The van der Waals surface area contributed by atoms with Gasteiger partial charge in [-0.3, -0.25) is 0 Å². The molecule has 4 aromatic carbocycles. The second-order valence-corrected chi connectivity index (χ2v) is 9.20. The maximum atomic E-state index is 13.6. The summed E-state index contributed by atoms with van der Waals surface area (Å²) < 4.78 is 25.4. The smallest absolute Gasteiger partial charge is 0.336 e. The molecule has 0 radical (unpaired) electrons. The van der Waals surface area contributed by atoms with E-state index in [9.17, 15) is 24.5 Å². The van der Waals surface area contributed by atoms with E-state index in [1.54, 1.807) is 24.3 Å². The molecule has 0 amide bonds. The minimum Gasteiger partial charge on any atom is -0.489 e. The summed E-state index contributed by atoms with van der Waals surface area (Å²) in [6.07, 6.45) is 0.697. The van der Waals surface area contributed by atoms with Gasteiger partial charge in [0.25, 0.3) is 0 Å². The van der Waals surface area contributed by atoms with Crippen molar-refractivity contribution in [1.82, 2.24) is 0 Å². The molecule has 2 unspecified atom stereocenters. The third kappa shape index (κ3) is 5.34. The summed E-state index contributed by atoms with van der Waals surface area (Å²) in [5.74, 6) is -1.01. The van der Waals surface area contributed by atoms with E-state index in [1.165, 1.54) is 18.2 Å². The molecule has 37 heavy (non-hydrogen) atoms. The Morgan fingerprint density at radius 3 is 2.59 bits per heavy atom. The summed E-state index contributed by atoms with van der Waals surface area (Å²) in [5, 5.41) is 31.2. The van der Waals surface area contributed by atoms with Crippen LogP contribution in [0.15, 0.2) is 72.8 Å². The van der Waals surface area contributed by atoms with Crippen LogP contribution >= 0.6 is 0 Å². The minimum atomic E-state index is -1.16. The number of rotatable bonds is 7. The minimum absolute atomic E-state index is 0.0196. The van der Waals surface area contributed by atoms with E-state index >= 15 is 0 Å². The van der Waals surface area contributed by atoms with E-state index in [0.29, 0.717) is 48.3 Å². The molecular formula is C30H27FO6. The van der Waals surface area contributed by atoms with Gasteiger partial charge in [0.15, 0.2) is 0 Å². The Balaban J connectivity index is 1.46. The zero-order valence-electron chi connectivity index (χ0n) is 20.1. The van der Waals surface area contributed by atoms with Crippen LogP contribution in [0.3, 0.4) is 0 Å². The van der Waals surface area contributed by atoms with Gasteiger partial charge in [-0.2, -0.15) is 0 Å². The summed E-state index contributed by atoms with van der Waals surface area (Å²) in [4.78, 5) is 12.0. The molecule has 1 aliphatic rings. The molecule has 1 aliphatic heterocycles. The third-order valence-electron chi connectivity index (χ3n) is 6.73. The second kappa shape index (κ2) is 10.7. The van der Waals surface area contributed by atoms with Gasteiger partial charge in [-0.25, -0.2) is 9.18 Å². The normalized spacial score (nSPS) is 17.6. The lowest BCUT2D eigenvalue weighted by Gasteiger charge is -2.27. The first-order valence-electron chi connectivity index (χ1n) is 12.1. The zero-order chi connectivity index (χ0) is 25.9. The largest absolute Gasteiger partial charge is 0.489 e. The van der Waals surface area contributed by atoms with Crippen molar-refractivity contribution in [1.29, 1.82) is 0 Å². The van der Waals surface area contributed by atoms with Gasteiger partial charge in [-0.15, -0.1) is 0 Å². The van der Waals surface area contributed by atoms with E-state index in [2.05, 4.69) is 0 Å². The van der Waals surface area contributed by atoms with Crippen molar-refractivity contribution in [3.8, 4) is 16.9 Å². The van der Waals surface area contributed by atoms with Crippen molar-refractivity contribution in [2.45, 2.75) is 38.3 Å². The average Bonchev–Trinajstić information content (AvgIpc) is 2.91. The van der Waals surface area contributed by atoms with Gasteiger partial charge >= 0.3 is 5.97 Å². The topological polar surface area (TPSA) is 96.2 Å². The van der Waals surface area contributed by atoms with Crippen LogP contribution in [0.4, 0.5) is 4.39 Å². The maximum absolute atomic E-state index is 13.6. The molecule has 0 spiro atoms. The number of benzene rings is 4. The Morgan fingerprint density at radius 2 is 1.86 bits per heavy atom. The highest BCUT2D eigenvalue weighted by atomic mass is 19.1. The lowest BCUT2D eigenvalue weighted by Crippen LogP contribution is -2.23. The standard InChI is InChI=1S/C30H27FO6/c31-22-6-4-19(5-7-22)29-25-9-8-24(13-21(25)14-26(30(34)35)27(29)16-32)37-17-18-2-1-3-20(12-18)28-15-23(33)10-11-36-28/h1-9,12-14,23,28,32-33H,10-11,15-17H2,(H,34,35). The summed E-state index contributed by atoms with van der Waals surface area (Å²) in [5.41, 5.74) is 3.34. The molecule has 0 saturated carbocycles. The molecule has 3 N–H and O–H groups in total. The van der Waals surface area contributed by atoms with Crippen LogP contribution in [-0.4, -0.2) is 34.0 Å². The molecule has 0 aromatic heterocycles. The number of hydrogen-bond acceptors (Lipinski definition) is 5. The molecule has 1 fully saturated rings. The summed E-state index contributed by atoms with van der Waals surface area (Å²) in [6.45, 7) is 0.348. The van der Waals surface area contributed by atoms with E-state index in [-0.39, 0.29) is 23.3 Å². The van der Waals surface area contributed by atoms with E-state index in [0.717, 1.165) is 16.5 Å². The van der Waals surface area contributed by atoms with Crippen molar-refractivity contribution in [2.75, 3.05) is 6.61 Å². The van der Waals surface area contributed by atoms with Gasteiger partial charge in [-0.05, 0) is 75.8 Å². The van der Waals surface area contributed by atoms with Gasteiger partial charge in [0.2, 0.25) is 0 Å². The SMILES string of the molecule is O=C(O)c1cc2cc(OCc3cccc(C4CC(O)CCO4)c3)ccc2c(-c2ccc(F)cc2)c1CO. The number of carboxylic acid groups (broad SMARTS) is 1. The van der Waals surface area contributed by atoms with Crippen LogP contribution in [0.5, 0.6) is 5.75 Å². The fraction of sp³-hybridized carbons (Fsp3) is 0.233. The van der Waals surface area contributed by atoms with Crippen LogP contribution < -0.4 is 4.74 Å². The van der Waals surface area contributed by atoms with Gasteiger partial charge < -0.3 is 24.8 Å². The Morgan fingerprint density at radius 1 is 1.05 bits per heavy atom. The van der Waals surface area contributed by atoms with Crippen molar-refractivity contribution >= 4 is 16.7 Å². The van der Waals surface area contributed by atoms with Gasteiger partial charge in [-0.1, -0.05) is 36.4 Å². The van der Waals surface area contributed by atoms with Crippen LogP contribution in [0, 0.1) is 5.82 Å². The highest BCUT2D eigenvalue weighted by Gasteiger charge is 2.23. The van der Waals surface area contributed by atoms with Crippen molar-refractivity contribution in [2.24, 2.45) is 0 Å². The average molecular weight is 503 g/mol. The molecule has 2 atom stereocenters. The number of carbonyl (C=O) groups is 1. The molecule has 1 saturated heterocycles. The molecule has 0 bridgehead atoms. The quantitative estimate of drug-likeness (QED) is 0.303. The number of fused-ring (bicyclic) bond motifs is 1. The number of aromatic carboxylic acids is 1. The van der Waals surface area contributed by atoms with Gasteiger partial charge in [0.05, 0.1) is 24.4 Å². The fourth-order valence-corrected chi connectivity index (χ4v) is 4.88. The van der Waals surface area contributed by atoms with E-state index < -0.39 is 18.4 Å². The Hall–Kier alpha value is -3.78. The summed E-state index contributed by atoms with van der Waals surface area (Å²) in [6, 6.07) is 20.5. The lowest BCUT2D eigenvalue weighted by atomic mass is 9.90. The Bertz CT molecular complexity index is 1430. The molecule has 4 aromatic rings. The van der Waals surface area contributed by atoms with Gasteiger partial charge in [0.1, 0.15) is 18.2 Å². The van der Waals surface area contributed by atoms with Crippen molar-refractivity contribution in [3.05, 3.63) is 101 Å². The third-order valence-corrected chi connectivity index (χ3v) is 6.73. The lowest BCUT2D eigenvalue weighted by molar-refractivity contribution is -0.0448. The number of carboxylic acids is 1. The first-order chi connectivity index (χ1) is 17.9. The number of aliphatic hydroxyl groups is 2. The van der Waals surface area contributed by atoms with Crippen LogP contribution in [0.1, 0.15) is 46.0 Å². The fourth-order valence-electron chi connectivity index (χ4n) is 4.88. The van der Waals surface area contributed by atoms with Crippen LogP contribution in [0.25, 0.3) is 21.9 Å². The molecule has 5 rings (SSSR count). The monoisotopic (exact) mass is 502 g/mol. The maximum Gasteiger partial charge on any atom is 0.336 e. The summed E-state index contributed by atoms with van der Waals surface area (Å²) >= 11 is 0. The number of aliphatic hydroxyl groups excluding tert-OH is 2. The van der Waals surface area contributed by atoms with Crippen LogP contribution in [-0.2, 0) is 18.0 Å². The first-order valence-corrected chi connectivity index (χ1v) is 12.1. The van der Waals surface area contributed by atoms with E-state index in [1.807, 2.05) is 30.3 Å². The number of ether oxygens (including phenoxy) is 2. The predicted octanol–water partition coefficient (Wildman–Crippen LogP) is 5.63. The van der Waals surface area contributed by atoms with Crippen molar-refractivity contribution in [3.63, 3.8) is 0 Å².